The van der Waals surface area contributed by atoms with Crippen LogP contribution in [0.15, 0.2) is 0 Å². The van der Waals surface area contributed by atoms with E-state index in [4.69, 9.17) is 11.6 Å². The lowest BCUT2D eigenvalue weighted by atomic mass is 10.0. The van der Waals surface area contributed by atoms with E-state index in [9.17, 15) is 9.90 Å². The van der Waals surface area contributed by atoms with Crippen molar-refractivity contribution in [3.8, 4) is 0 Å². The minimum Gasteiger partial charge on any atom is -0.394 e. The summed E-state index contributed by atoms with van der Waals surface area (Å²) >= 11 is 7.12. The second kappa shape index (κ2) is 5.12. The van der Waals surface area contributed by atoms with Gasteiger partial charge in [0.05, 0.1) is 12.6 Å². The third-order valence-electron chi connectivity index (χ3n) is 2.79. The zero-order valence-corrected chi connectivity index (χ0v) is 10.3. The lowest BCUT2D eigenvalue weighted by Gasteiger charge is -2.34. The third kappa shape index (κ3) is 2.21. The van der Waals surface area contributed by atoms with Crippen LogP contribution in [0.3, 0.4) is 0 Å². The van der Waals surface area contributed by atoms with Gasteiger partial charge in [-0.1, -0.05) is 22.9 Å². The summed E-state index contributed by atoms with van der Waals surface area (Å²) in [6.07, 6.45) is 3.90. The largest absolute Gasteiger partial charge is 0.394 e. The first-order valence-corrected chi connectivity index (χ1v) is 6.44. The van der Waals surface area contributed by atoms with Gasteiger partial charge in [-0.3, -0.25) is 4.79 Å². The minimum atomic E-state index is 0.107. The maximum atomic E-state index is 10.7. The normalized spacial score (nSPS) is 21.1. The molecular weight excluding hydrogens is 248 g/mol. The number of hydrogen-bond donors (Lipinski definition) is 1. The number of nitrogens with zero attached hydrogens (tertiary/aromatic N) is 2. The van der Waals surface area contributed by atoms with Crippen LogP contribution in [0.5, 0.6) is 0 Å². The van der Waals surface area contributed by atoms with Crippen LogP contribution in [0.1, 0.15) is 28.9 Å². The molecule has 1 aromatic rings. The number of aliphatic hydroxyl groups excluding tert-OH is 1. The first kappa shape index (κ1) is 11.8. The molecule has 2 rings (SSSR count). The molecule has 6 heteroatoms. The van der Waals surface area contributed by atoms with E-state index in [1.807, 2.05) is 4.90 Å². The average molecular weight is 261 g/mol. The van der Waals surface area contributed by atoms with Crippen molar-refractivity contribution in [3.63, 3.8) is 0 Å². The zero-order chi connectivity index (χ0) is 11.5. The minimum absolute atomic E-state index is 0.107. The molecule has 1 saturated heterocycles. The molecule has 4 nitrogen and oxygen atoms in total. The number of anilines is 1. The predicted molar refractivity (Wildman–Crippen MR) is 64.6 cm³/mol. The highest BCUT2D eigenvalue weighted by atomic mass is 35.5. The molecule has 16 heavy (non-hydrogen) atoms. The molecule has 1 aromatic heterocycles. The number of aldehydes is 1. The van der Waals surface area contributed by atoms with Gasteiger partial charge in [-0.05, 0) is 19.3 Å². The van der Waals surface area contributed by atoms with Crippen molar-refractivity contribution in [3.05, 3.63) is 10.0 Å². The number of halogens is 1. The summed E-state index contributed by atoms with van der Waals surface area (Å²) < 4.78 is 0. The van der Waals surface area contributed by atoms with Gasteiger partial charge in [0.1, 0.15) is 4.88 Å². The molecule has 0 radical (unpaired) electrons. The van der Waals surface area contributed by atoms with E-state index in [1.54, 1.807) is 0 Å². The maximum Gasteiger partial charge on any atom is 0.187 e. The van der Waals surface area contributed by atoms with Gasteiger partial charge in [0.2, 0.25) is 0 Å². The van der Waals surface area contributed by atoms with Gasteiger partial charge in [0.25, 0.3) is 0 Å². The molecule has 0 aliphatic carbocycles. The maximum absolute atomic E-state index is 10.7. The molecule has 2 heterocycles. The van der Waals surface area contributed by atoms with Crippen LogP contribution < -0.4 is 4.90 Å². The Morgan fingerprint density at radius 2 is 2.44 bits per heavy atom. The number of rotatable bonds is 3. The highest BCUT2D eigenvalue weighted by Gasteiger charge is 2.25. The van der Waals surface area contributed by atoms with Gasteiger partial charge in [-0.15, -0.1) is 0 Å². The summed E-state index contributed by atoms with van der Waals surface area (Å²) in [5.41, 5.74) is 0. The molecule has 1 aliphatic heterocycles. The number of carbonyl (C=O) groups is 1. The molecule has 1 atom stereocenters. The first-order chi connectivity index (χ1) is 7.76. The van der Waals surface area contributed by atoms with Gasteiger partial charge in [-0.25, -0.2) is 4.98 Å². The van der Waals surface area contributed by atoms with Crippen molar-refractivity contribution in [2.75, 3.05) is 18.1 Å². The Morgan fingerprint density at radius 3 is 3.06 bits per heavy atom. The van der Waals surface area contributed by atoms with Gasteiger partial charge in [0.15, 0.2) is 16.6 Å². The number of piperidine rings is 1. The molecule has 0 bridgehead atoms. The summed E-state index contributed by atoms with van der Waals surface area (Å²) in [4.78, 5) is 17.4. The van der Waals surface area contributed by atoms with E-state index in [1.165, 1.54) is 11.3 Å². The first-order valence-electron chi connectivity index (χ1n) is 5.25. The summed E-state index contributed by atoms with van der Waals surface area (Å²) in [6, 6.07) is 0.107. The lowest BCUT2D eigenvalue weighted by molar-refractivity contribution is 0.112. The monoisotopic (exact) mass is 260 g/mol. The molecule has 0 aromatic carbocycles. The third-order valence-corrected chi connectivity index (χ3v) is 4.21. The van der Waals surface area contributed by atoms with Gasteiger partial charge < -0.3 is 10.0 Å². The van der Waals surface area contributed by atoms with Crippen LogP contribution in [-0.4, -0.2) is 35.6 Å². The van der Waals surface area contributed by atoms with E-state index in [-0.39, 0.29) is 17.8 Å². The molecule has 0 spiro atoms. The summed E-state index contributed by atoms with van der Waals surface area (Å²) in [6.45, 7) is 0.987. The van der Waals surface area contributed by atoms with Crippen LogP contribution in [-0.2, 0) is 0 Å². The number of aromatic nitrogens is 1. The zero-order valence-electron chi connectivity index (χ0n) is 8.73. The second-order valence-electron chi connectivity index (χ2n) is 3.79. The Balaban J connectivity index is 2.23. The fourth-order valence-corrected chi connectivity index (χ4v) is 3.10. The Hall–Kier alpha value is -0.650. The van der Waals surface area contributed by atoms with Crippen LogP contribution in [0, 0.1) is 0 Å². The smallest absolute Gasteiger partial charge is 0.187 e. The number of hydrogen-bond acceptors (Lipinski definition) is 5. The number of thiazole rings is 1. The quantitative estimate of drug-likeness (QED) is 0.845. The summed E-state index contributed by atoms with van der Waals surface area (Å²) in [5.74, 6) is 0. The molecule has 88 valence electrons. The molecule has 1 fully saturated rings. The van der Waals surface area contributed by atoms with Crippen molar-refractivity contribution in [2.24, 2.45) is 0 Å². The topological polar surface area (TPSA) is 53.4 Å². The fourth-order valence-electron chi connectivity index (χ4n) is 1.94. The molecule has 1 unspecified atom stereocenters. The van der Waals surface area contributed by atoms with Crippen LogP contribution in [0.25, 0.3) is 0 Å². The molecule has 1 aliphatic rings. The standard InChI is InChI=1S/C10H13ClN2O2S/c11-9-8(6-15)16-10(12-9)13-4-2-1-3-7(13)5-14/h6-7,14H,1-5H2. The molecule has 0 amide bonds. The van der Waals surface area contributed by atoms with E-state index in [2.05, 4.69) is 4.98 Å². The van der Waals surface area contributed by atoms with Crippen LogP contribution >= 0.6 is 22.9 Å². The van der Waals surface area contributed by atoms with Crippen LogP contribution in [0.2, 0.25) is 5.15 Å². The van der Waals surface area contributed by atoms with Crippen molar-refractivity contribution in [1.29, 1.82) is 0 Å². The Morgan fingerprint density at radius 1 is 1.62 bits per heavy atom. The highest BCUT2D eigenvalue weighted by Crippen LogP contribution is 2.32. The van der Waals surface area contributed by atoms with Crippen molar-refractivity contribution in [2.45, 2.75) is 25.3 Å². The Kier molecular flexibility index (Phi) is 3.78. The van der Waals surface area contributed by atoms with Crippen LogP contribution in [0.4, 0.5) is 5.13 Å². The van der Waals surface area contributed by atoms with Crippen molar-refractivity contribution in [1.82, 2.24) is 4.98 Å². The van der Waals surface area contributed by atoms with E-state index >= 15 is 0 Å². The SMILES string of the molecule is O=Cc1sc(N2CCCCC2CO)nc1Cl. The summed E-state index contributed by atoms with van der Waals surface area (Å²) in [7, 11) is 0. The van der Waals surface area contributed by atoms with Crippen molar-refractivity contribution < 1.29 is 9.90 Å². The van der Waals surface area contributed by atoms with Crippen molar-refractivity contribution >= 4 is 34.4 Å². The predicted octanol–water partition coefficient (Wildman–Crippen LogP) is 1.96. The molecule has 0 saturated carbocycles. The molecule has 1 N–H and O–H groups in total. The average Bonchev–Trinajstić information content (AvgIpc) is 2.70. The Bertz CT molecular complexity index is 383. The number of carbonyl (C=O) groups excluding carboxylic acids is 1. The fraction of sp³-hybridized carbons (Fsp3) is 0.600. The van der Waals surface area contributed by atoms with Gasteiger partial charge in [0, 0.05) is 6.54 Å². The lowest BCUT2D eigenvalue weighted by Crippen LogP contribution is -2.41. The summed E-state index contributed by atoms with van der Waals surface area (Å²) in [5, 5.41) is 10.3. The highest BCUT2D eigenvalue weighted by molar-refractivity contribution is 7.17. The van der Waals surface area contributed by atoms with E-state index < -0.39 is 0 Å². The second-order valence-corrected chi connectivity index (χ2v) is 5.16. The van der Waals surface area contributed by atoms with Gasteiger partial charge in [-0.2, -0.15) is 0 Å². The Labute approximate surface area is 103 Å². The van der Waals surface area contributed by atoms with E-state index in [0.717, 1.165) is 37.2 Å². The number of aliphatic hydroxyl groups is 1. The molecular formula is C10H13ClN2O2S. The van der Waals surface area contributed by atoms with Gasteiger partial charge >= 0.3 is 0 Å². The van der Waals surface area contributed by atoms with E-state index in [0.29, 0.717) is 4.88 Å².